The van der Waals surface area contributed by atoms with Crippen LogP contribution >= 0.6 is 0 Å². The van der Waals surface area contributed by atoms with E-state index < -0.39 is 11.8 Å². The standard InChI is InChI=1S/C19H20FN6O2/c20-16-5-3-14(25-28)9-18(16)23-19(27)26-7-1-2-15(11-26)22-13-4-6-17-12(8-13)10-21-24-17/h3-6,8-10,15,22,25H,1-2,7,11H2,(H,21,24)(H,23,27)/q-1. The van der Waals surface area contributed by atoms with Gasteiger partial charge in [0.15, 0.2) is 0 Å². The lowest BCUT2D eigenvalue weighted by Crippen LogP contribution is -2.46. The predicted molar refractivity (Wildman–Crippen MR) is 107 cm³/mol. The lowest BCUT2D eigenvalue weighted by molar-refractivity contribution is 0.196. The van der Waals surface area contributed by atoms with Gasteiger partial charge in [0.2, 0.25) is 0 Å². The number of carbonyl (C=O) groups is 1. The molecule has 1 aliphatic rings. The summed E-state index contributed by atoms with van der Waals surface area (Å²) < 4.78 is 13.9. The summed E-state index contributed by atoms with van der Waals surface area (Å²) >= 11 is 0. The Balaban J connectivity index is 1.40. The Labute approximate surface area is 160 Å². The van der Waals surface area contributed by atoms with Crippen LogP contribution in [0.5, 0.6) is 0 Å². The topological polar surface area (TPSA) is 108 Å². The van der Waals surface area contributed by atoms with E-state index in [1.165, 1.54) is 12.1 Å². The van der Waals surface area contributed by atoms with Crippen LogP contribution in [0.25, 0.3) is 10.9 Å². The monoisotopic (exact) mass is 383 g/mol. The van der Waals surface area contributed by atoms with Crippen molar-refractivity contribution < 1.29 is 9.18 Å². The second kappa shape index (κ2) is 7.73. The van der Waals surface area contributed by atoms with E-state index in [0.29, 0.717) is 13.1 Å². The third kappa shape index (κ3) is 3.84. The highest BCUT2D eigenvalue weighted by Gasteiger charge is 2.24. The van der Waals surface area contributed by atoms with Crippen molar-refractivity contribution in [3.05, 3.63) is 53.6 Å². The van der Waals surface area contributed by atoms with Crippen molar-refractivity contribution in [3.8, 4) is 0 Å². The summed E-state index contributed by atoms with van der Waals surface area (Å²) in [4.78, 5) is 14.2. The number of amides is 2. The van der Waals surface area contributed by atoms with Crippen LogP contribution in [0.1, 0.15) is 12.8 Å². The van der Waals surface area contributed by atoms with Gasteiger partial charge in [-0.15, -0.1) is 0 Å². The fraction of sp³-hybridized carbons (Fsp3) is 0.263. The summed E-state index contributed by atoms with van der Waals surface area (Å²) in [6.07, 6.45) is 3.53. The van der Waals surface area contributed by atoms with Crippen molar-refractivity contribution in [2.24, 2.45) is 0 Å². The summed E-state index contributed by atoms with van der Waals surface area (Å²) in [5.41, 5.74) is 3.78. The first-order valence-corrected chi connectivity index (χ1v) is 9.06. The zero-order valence-corrected chi connectivity index (χ0v) is 15.0. The molecule has 1 atom stereocenters. The Kier molecular flexibility index (Phi) is 4.98. The third-order valence-electron chi connectivity index (χ3n) is 4.85. The van der Waals surface area contributed by atoms with Gasteiger partial charge < -0.3 is 26.2 Å². The zero-order chi connectivity index (χ0) is 19.5. The summed E-state index contributed by atoms with van der Waals surface area (Å²) in [6, 6.07) is 9.36. The Hall–Kier alpha value is -3.33. The Morgan fingerprint density at radius 3 is 2.96 bits per heavy atom. The van der Waals surface area contributed by atoms with Gasteiger partial charge in [-0.3, -0.25) is 5.10 Å². The lowest BCUT2D eigenvalue weighted by atomic mass is 10.1. The van der Waals surface area contributed by atoms with Crippen LogP contribution < -0.4 is 16.1 Å². The number of halogens is 1. The molecule has 2 amide bonds. The van der Waals surface area contributed by atoms with Crippen molar-refractivity contribution in [2.75, 3.05) is 29.2 Å². The number of nitrogens with zero attached hydrogens (tertiary/aromatic N) is 2. The van der Waals surface area contributed by atoms with Crippen molar-refractivity contribution in [2.45, 2.75) is 18.9 Å². The molecule has 2 aromatic carbocycles. The van der Waals surface area contributed by atoms with E-state index in [4.69, 9.17) is 0 Å². The number of urea groups is 1. The second-order valence-electron chi connectivity index (χ2n) is 6.83. The molecule has 1 unspecified atom stereocenters. The largest absolute Gasteiger partial charge is 0.761 e. The quantitative estimate of drug-likeness (QED) is 0.514. The molecule has 0 spiro atoms. The third-order valence-corrected chi connectivity index (χ3v) is 4.85. The Morgan fingerprint density at radius 1 is 1.25 bits per heavy atom. The summed E-state index contributed by atoms with van der Waals surface area (Å²) in [5.74, 6) is -0.590. The van der Waals surface area contributed by atoms with Crippen molar-refractivity contribution in [3.63, 3.8) is 0 Å². The van der Waals surface area contributed by atoms with Crippen LogP contribution in [0.15, 0.2) is 42.6 Å². The van der Waals surface area contributed by atoms with Gasteiger partial charge in [0.1, 0.15) is 5.82 Å². The normalized spacial score (nSPS) is 16.8. The fourth-order valence-corrected chi connectivity index (χ4v) is 3.43. The molecular formula is C19H20FN6O2-. The van der Waals surface area contributed by atoms with Crippen molar-refractivity contribution in [1.29, 1.82) is 0 Å². The number of aromatic nitrogens is 2. The lowest BCUT2D eigenvalue weighted by Gasteiger charge is -2.33. The number of likely N-dealkylation sites (tertiary alicyclic amines) is 1. The SMILES string of the molecule is O=C(Nc1cc(N[O-])ccc1F)N1CCCC(Nc2ccc3[nH]ncc3c2)C1. The Bertz CT molecular complexity index is 991. The first-order valence-electron chi connectivity index (χ1n) is 9.06. The molecule has 8 nitrogen and oxygen atoms in total. The number of nitrogens with one attached hydrogen (secondary N) is 4. The molecule has 9 heteroatoms. The van der Waals surface area contributed by atoms with Crippen LogP contribution in [0, 0.1) is 11.0 Å². The number of carbonyl (C=O) groups excluding carboxylic acids is 1. The molecule has 0 bridgehead atoms. The number of hydrogen-bond acceptors (Lipinski definition) is 5. The highest BCUT2D eigenvalue weighted by Crippen LogP contribution is 2.23. The molecule has 0 aliphatic carbocycles. The number of rotatable bonds is 4. The molecule has 146 valence electrons. The highest BCUT2D eigenvalue weighted by molar-refractivity contribution is 5.90. The fourth-order valence-electron chi connectivity index (χ4n) is 3.43. The number of hydrogen-bond donors (Lipinski definition) is 4. The van der Waals surface area contributed by atoms with E-state index in [-0.39, 0.29) is 17.4 Å². The molecule has 1 saturated heterocycles. The van der Waals surface area contributed by atoms with E-state index in [2.05, 4.69) is 20.8 Å². The minimum atomic E-state index is -0.590. The average Bonchev–Trinajstić information content (AvgIpc) is 3.17. The molecule has 1 fully saturated rings. The first-order chi connectivity index (χ1) is 13.6. The maximum Gasteiger partial charge on any atom is 0.321 e. The van der Waals surface area contributed by atoms with Gasteiger partial charge in [-0.05, 0) is 49.2 Å². The van der Waals surface area contributed by atoms with Crippen molar-refractivity contribution >= 4 is 34.0 Å². The molecule has 4 rings (SSSR count). The summed E-state index contributed by atoms with van der Waals surface area (Å²) in [5, 5.41) is 24.7. The molecular weight excluding hydrogens is 363 g/mol. The van der Waals surface area contributed by atoms with Gasteiger partial charge in [-0.25, -0.2) is 9.18 Å². The van der Waals surface area contributed by atoms with Crippen LogP contribution in [-0.2, 0) is 0 Å². The number of anilines is 3. The number of aromatic amines is 1. The molecule has 1 aliphatic heterocycles. The van der Waals surface area contributed by atoms with Gasteiger partial charge in [0.25, 0.3) is 0 Å². The van der Waals surface area contributed by atoms with E-state index in [0.717, 1.165) is 35.5 Å². The van der Waals surface area contributed by atoms with Gasteiger partial charge in [0, 0.05) is 35.9 Å². The smallest absolute Gasteiger partial charge is 0.321 e. The molecule has 28 heavy (non-hydrogen) atoms. The highest BCUT2D eigenvalue weighted by atomic mass is 19.1. The van der Waals surface area contributed by atoms with E-state index in [9.17, 15) is 14.4 Å². The zero-order valence-electron chi connectivity index (χ0n) is 15.0. The Morgan fingerprint density at radius 2 is 2.11 bits per heavy atom. The minimum Gasteiger partial charge on any atom is -0.761 e. The van der Waals surface area contributed by atoms with E-state index in [1.807, 2.05) is 18.2 Å². The molecule has 1 aromatic heterocycles. The van der Waals surface area contributed by atoms with Crippen LogP contribution in [-0.4, -0.2) is 40.3 Å². The summed E-state index contributed by atoms with van der Waals surface area (Å²) in [7, 11) is 0. The maximum absolute atomic E-state index is 13.9. The second-order valence-corrected chi connectivity index (χ2v) is 6.83. The van der Waals surface area contributed by atoms with E-state index in [1.54, 1.807) is 16.6 Å². The van der Waals surface area contributed by atoms with Gasteiger partial charge in [-0.1, -0.05) is 0 Å². The van der Waals surface area contributed by atoms with Crippen LogP contribution in [0.2, 0.25) is 0 Å². The maximum atomic E-state index is 13.9. The molecule has 0 radical (unpaired) electrons. The van der Waals surface area contributed by atoms with Crippen molar-refractivity contribution in [1.82, 2.24) is 15.1 Å². The molecule has 2 heterocycles. The number of H-pyrrole nitrogens is 1. The number of benzene rings is 2. The van der Waals surface area contributed by atoms with Gasteiger partial charge >= 0.3 is 6.03 Å². The number of fused-ring (bicyclic) bond motifs is 1. The summed E-state index contributed by atoms with van der Waals surface area (Å²) in [6.45, 7) is 1.09. The first kappa shape index (κ1) is 18.1. The molecule has 0 saturated carbocycles. The van der Waals surface area contributed by atoms with Crippen LogP contribution in [0.4, 0.5) is 26.2 Å². The van der Waals surface area contributed by atoms with Crippen LogP contribution in [0.3, 0.4) is 0 Å². The minimum absolute atomic E-state index is 0.0219. The predicted octanol–water partition coefficient (Wildman–Crippen LogP) is 3.72. The van der Waals surface area contributed by atoms with Gasteiger partial charge in [-0.2, -0.15) is 5.10 Å². The van der Waals surface area contributed by atoms with E-state index >= 15 is 0 Å². The number of piperidine rings is 1. The van der Waals surface area contributed by atoms with Gasteiger partial charge in [0.05, 0.1) is 17.4 Å². The molecule has 3 aromatic rings. The average molecular weight is 383 g/mol. The molecule has 4 N–H and O–H groups in total.